The number of nitriles is 1. The predicted molar refractivity (Wildman–Crippen MR) is 61.7 cm³/mol. The molecular formula is C12H9ClN2O. The average molecular weight is 233 g/mol. The van der Waals surface area contributed by atoms with Gasteiger partial charge in [-0.15, -0.1) is 0 Å². The molecule has 1 fully saturated rings. The number of H-pyrrole nitrogens is 1. The maximum atomic E-state index is 9.55. The number of hydrogen-bond acceptors (Lipinski definition) is 2. The summed E-state index contributed by atoms with van der Waals surface area (Å²) in [7, 11) is 0. The minimum absolute atomic E-state index is 0.0204. The van der Waals surface area contributed by atoms with Crippen LogP contribution in [0.1, 0.15) is 30.0 Å². The molecule has 1 aromatic heterocycles. The van der Waals surface area contributed by atoms with Crippen molar-refractivity contribution in [3.63, 3.8) is 0 Å². The zero-order chi connectivity index (χ0) is 11.3. The summed E-state index contributed by atoms with van der Waals surface area (Å²) < 4.78 is 0. The minimum Gasteiger partial charge on any atom is -0.506 e. The number of phenols is 1. The van der Waals surface area contributed by atoms with Gasteiger partial charge < -0.3 is 10.1 Å². The maximum absolute atomic E-state index is 9.55. The van der Waals surface area contributed by atoms with Gasteiger partial charge in [-0.2, -0.15) is 5.26 Å². The highest BCUT2D eigenvalue weighted by molar-refractivity contribution is 6.37. The Morgan fingerprint density at radius 1 is 1.44 bits per heavy atom. The van der Waals surface area contributed by atoms with Crippen LogP contribution in [-0.4, -0.2) is 10.1 Å². The Kier molecular flexibility index (Phi) is 1.89. The van der Waals surface area contributed by atoms with Crippen LogP contribution in [0.3, 0.4) is 0 Å². The van der Waals surface area contributed by atoms with Gasteiger partial charge >= 0.3 is 0 Å². The number of nitrogens with zero attached hydrogens (tertiary/aromatic N) is 1. The van der Waals surface area contributed by atoms with Crippen LogP contribution in [-0.2, 0) is 0 Å². The van der Waals surface area contributed by atoms with E-state index in [1.165, 1.54) is 0 Å². The monoisotopic (exact) mass is 232 g/mol. The fraction of sp³-hybridized carbons (Fsp3) is 0.250. The van der Waals surface area contributed by atoms with Crippen molar-refractivity contribution in [1.29, 1.82) is 5.26 Å². The van der Waals surface area contributed by atoms with Crippen LogP contribution in [0.5, 0.6) is 5.75 Å². The molecule has 1 heterocycles. The van der Waals surface area contributed by atoms with Gasteiger partial charge in [0.15, 0.2) is 0 Å². The van der Waals surface area contributed by atoms with Gasteiger partial charge in [-0.3, -0.25) is 0 Å². The smallest absolute Gasteiger partial charge is 0.134 e. The highest BCUT2D eigenvalue weighted by Crippen LogP contribution is 2.45. The normalized spacial score (nSPS) is 15.2. The molecule has 0 spiro atoms. The van der Waals surface area contributed by atoms with Gasteiger partial charge in [-0.1, -0.05) is 11.6 Å². The van der Waals surface area contributed by atoms with E-state index in [-0.39, 0.29) is 10.8 Å². The van der Waals surface area contributed by atoms with E-state index in [4.69, 9.17) is 11.6 Å². The van der Waals surface area contributed by atoms with E-state index in [2.05, 4.69) is 11.1 Å². The highest BCUT2D eigenvalue weighted by Gasteiger charge is 2.29. The fourth-order valence-corrected chi connectivity index (χ4v) is 2.31. The van der Waals surface area contributed by atoms with E-state index in [0.29, 0.717) is 16.9 Å². The number of aromatic nitrogens is 1. The van der Waals surface area contributed by atoms with Crippen molar-refractivity contribution >= 4 is 22.5 Å². The molecule has 3 rings (SSSR count). The molecule has 3 nitrogen and oxygen atoms in total. The van der Waals surface area contributed by atoms with Gasteiger partial charge in [0.1, 0.15) is 11.8 Å². The Balaban J connectivity index is 2.40. The van der Waals surface area contributed by atoms with Crippen molar-refractivity contribution < 1.29 is 5.11 Å². The van der Waals surface area contributed by atoms with Crippen LogP contribution in [0.25, 0.3) is 10.9 Å². The van der Waals surface area contributed by atoms with Gasteiger partial charge in [-0.25, -0.2) is 0 Å². The second-order valence-electron chi connectivity index (χ2n) is 4.12. The van der Waals surface area contributed by atoms with Crippen LogP contribution < -0.4 is 0 Å². The first-order chi connectivity index (χ1) is 7.72. The lowest BCUT2D eigenvalue weighted by Crippen LogP contribution is -1.82. The summed E-state index contributed by atoms with van der Waals surface area (Å²) in [4.78, 5) is 3.23. The predicted octanol–water partition coefficient (Wildman–Crippen LogP) is 3.28. The van der Waals surface area contributed by atoms with Crippen molar-refractivity contribution in [2.75, 3.05) is 0 Å². The molecule has 4 heteroatoms. The summed E-state index contributed by atoms with van der Waals surface area (Å²) >= 11 is 6.03. The molecule has 2 N–H and O–H groups in total. The largest absolute Gasteiger partial charge is 0.506 e. The van der Waals surface area contributed by atoms with E-state index >= 15 is 0 Å². The molecule has 2 aromatic rings. The number of fused-ring (bicyclic) bond motifs is 1. The van der Waals surface area contributed by atoms with Crippen LogP contribution in [0, 0.1) is 11.3 Å². The maximum Gasteiger partial charge on any atom is 0.134 e. The third-order valence-corrected chi connectivity index (χ3v) is 3.39. The first kappa shape index (κ1) is 9.56. The summed E-state index contributed by atoms with van der Waals surface area (Å²) in [5.41, 5.74) is 2.37. The molecule has 1 aliphatic carbocycles. The first-order valence-electron chi connectivity index (χ1n) is 5.15. The van der Waals surface area contributed by atoms with Crippen LogP contribution in [0.15, 0.2) is 12.1 Å². The Morgan fingerprint density at radius 3 is 2.81 bits per heavy atom. The fourth-order valence-electron chi connectivity index (χ4n) is 2.05. The third kappa shape index (κ3) is 1.20. The molecule has 0 amide bonds. The van der Waals surface area contributed by atoms with Gasteiger partial charge in [0.2, 0.25) is 0 Å². The Labute approximate surface area is 97.3 Å². The molecule has 0 radical (unpaired) electrons. The number of aromatic hydroxyl groups is 1. The highest BCUT2D eigenvalue weighted by atomic mass is 35.5. The number of aromatic amines is 1. The number of phenolic OH excluding ortho intramolecular Hbond substituents is 1. The van der Waals surface area contributed by atoms with E-state index < -0.39 is 0 Å². The average Bonchev–Trinajstić information content (AvgIpc) is 3.05. The van der Waals surface area contributed by atoms with E-state index in [1.807, 2.05) is 0 Å². The molecule has 0 bridgehead atoms. The Bertz CT molecular complexity index is 620. The summed E-state index contributed by atoms with van der Waals surface area (Å²) in [6, 6.07) is 5.48. The quantitative estimate of drug-likeness (QED) is 0.793. The Hall–Kier alpha value is -1.66. The summed E-state index contributed by atoms with van der Waals surface area (Å²) in [5, 5.41) is 19.6. The van der Waals surface area contributed by atoms with E-state index in [1.54, 1.807) is 12.1 Å². The lowest BCUT2D eigenvalue weighted by atomic mass is 10.1. The van der Waals surface area contributed by atoms with E-state index in [0.717, 1.165) is 24.1 Å². The Morgan fingerprint density at radius 2 is 2.19 bits per heavy atom. The molecule has 1 saturated carbocycles. The first-order valence-corrected chi connectivity index (χ1v) is 5.53. The molecule has 1 aliphatic rings. The number of halogens is 1. The molecule has 0 atom stereocenters. The van der Waals surface area contributed by atoms with Crippen LogP contribution in [0.2, 0.25) is 5.02 Å². The van der Waals surface area contributed by atoms with Crippen molar-refractivity contribution in [1.82, 2.24) is 4.98 Å². The van der Waals surface area contributed by atoms with Gasteiger partial charge in [0, 0.05) is 22.5 Å². The lowest BCUT2D eigenvalue weighted by Gasteiger charge is -1.97. The number of hydrogen-bond donors (Lipinski definition) is 2. The third-order valence-electron chi connectivity index (χ3n) is 3.01. The van der Waals surface area contributed by atoms with Gasteiger partial charge in [0.05, 0.1) is 10.6 Å². The topological polar surface area (TPSA) is 59.8 Å². The molecular weight excluding hydrogens is 224 g/mol. The summed E-state index contributed by atoms with van der Waals surface area (Å²) in [6.45, 7) is 0. The SMILES string of the molecule is N#Cc1c(C2CC2)[nH]c2ccc(O)c(Cl)c12. The summed E-state index contributed by atoms with van der Waals surface area (Å²) in [6.07, 6.45) is 2.23. The number of rotatable bonds is 1. The lowest BCUT2D eigenvalue weighted by molar-refractivity contribution is 0.476. The standard InChI is InChI=1S/C12H9ClN2O/c13-11-9(16)4-3-8-10(11)7(5-14)12(15-8)6-1-2-6/h3-4,6,15-16H,1-2H2. The van der Waals surface area contributed by atoms with Crippen LogP contribution >= 0.6 is 11.6 Å². The summed E-state index contributed by atoms with van der Waals surface area (Å²) in [5.74, 6) is 0.479. The number of benzene rings is 1. The molecule has 0 saturated heterocycles. The van der Waals surface area contributed by atoms with Crippen molar-refractivity contribution in [3.05, 3.63) is 28.4 Å². The second kappa shape index (κ2) is 3.16. The van der Waals surface area contributed by atoms with Crippen molar-refractivity contribution in [2.24, 2.45) is 0 Å². The molecule has 0 unspecified atom stereocenters. The molecule has 16 heavy (non-hydrogen) atoms. The van der Waals surface area contributed by atoms with Gasteiger partial charge in [0.25, 0.3) is 0 Å². The van der Waals surface area contributed by atoms with Gasteiger partial charge in [-0.05, 0) is 25.0 Å². The van der Waals surface area contributed by atoms with E-state index in [9.17, 15) is 10.4 Å². The zero-order valence-electron chi connectivity index (χ0n) is 8.42. The molecule has 1 aromatic carbocycles. The zero-order valence-corrected chi connectivity index (χ0v) is 9.17. The molecule has 0 aliphatic heterocycles. The second-order valence-corrected chi connectivity index (χ2v) is 4.50. The number of nitrogens with one attached hydrogen (secondary N) is 1. The van der Waals surface area contributed by atoms with Crippen molar-refractivity contribution in [2.45, 2.75) is 18.8 Å². The van der Waals surface area contributed by atoms with Crippen molar-refractivity contribution in [3.8, 4) is 11.8 Å². The minimum atomic E-state index is 0.0204. The molecule has 80 valence electrons. The van der Waals surface area contributed by atoms with Crippen LogP contribution in [0.4, 0.5) is 0 Å².